The Balaban J connectivity index is 2.77. The fraction of sp³-hybridized carbons (Fsp3) is 0.333. The second-order valence-electron chi connectivity index (χ2n) is 3.76. The predicted molar refractivity (Wildman–Crippen MR) is 58.9 cm³/mol. The topological polar surface area (TPSA) is 46.2 Å². The van der Waals surface area contributed by atoms with Crippen LogP contribution in [0.5, 0.6) is 0 Å². The first kappa shape index (κ1) is 11.4. The Morgan fingerprint density at radius 1 is 1.13 bits per heavy atom. The molecule has 0 aliphatic carbocycles. The van der Waals surface area contributed by atoms with E-state index in [0.29, 0.717) is 5.56 Å². The Morgan fingerprint density at radius 3 is 2.13 bits per heavy atom. The van der Waals surface area contributed by atoms with Gasteiger partial charge >= 0.3 is 0 Å². The molecule has 3 heteroatoms. The fourth-order valence-corrected chi connectivity index (χ4v) is 1.41. The summed E-state index contributed by atoms with van der Waals surface area (Å²) in [6.07, 6.45) is 0. The second kappa shape index (κ2) is 4.73. The first-order valence-corrected chi connectivity index (χ1v) is 4.85. The zero-order valence-electron chi connectivity index (χ0n) is 9.26. The van der Waals surface area contributed by atoms with E-state index in [-0.39, 0.29) is 18.2 Å². The van der Waals surface area contributed by atoms with Gasteiger partial charge in [0.05, 0.1) is 6.54 Å². The minimum atomic E-state index is -0.197. The number of carbonyl (C=O) groups excluding carboxylic acids is 2. The molecule has 0 saturated carbocycles. The standard InChI is InChI=1S/C12H15NO2/c1-8-4-9(2)6-11(5-8)12(15)13-7-10(3)14/h4-6H,7H2,1-3H3,(H,13,15). The Hall–Kier alpha value is -1.64. The SMILES string of the molecule is CC(=O)CNC(=O)c1cc(C)cc(C)c1. The van der Waals surface area contributed by atoms with Crippen LogP contribution in [0.25, 0.3) is 0 Å². The molecule has 0 fully saturated rings. The lowest BCUT2D eigenvalue weighted by molar-refractivity contribution is -0.116. The average Bonchev–Trinajstić information content (AvgIpc) is 2.12. The van der Waals surface area contributed by atoms with Gasteiger partial charge in [-0.05, 0) is 32.9 Å². The quantitative estimate of drug-likeness (QED) is 0.815. The number of benzene rings is 1. The molecule has 0 aliphatic heterocycles. The summed E-state index contributed by atoms with van der Waals surface area (Å²) in [5.41, 5.74) is 2.69. The van der Waals surface area contributed by atoms with Gasteiger partial charge in [-0.1, -0.05) is 17.2 Å². The lowest BCUT2D eigenvalue weighted by Gasteiger charge is -2.05. The summed E-state index contributed by atoms with van der Waals surface area (Å²) < 4.78 is 0. The van der Waals surface area contributed by atoms with Gasteiger partial charge in [-0.15, -0.1) is 0 Å². The molecule has 1 aromatic carbocycles. The van der Waals surface area contributed by atoms with Crippen molar-refractivity contribution in [3.63, 3.8) is 0 Å². The number of amides is 1. The molecule has 1 N–H and O–H groups in total. The molecule has 0 saturated heterocycles. The van der Waals surface area contributed by atoms with Crippen LogP contribution < -0.4 is 5.32 Å². The summed E-state index contributed by atoms with van der Waals surface area (Å²) in [7, 11) is 0. The van der Waals surface area contributed by atoms with Crippen molar-refractivity contribution in [2.45, 2.75) is 20.8 Å². The highest BCUT2D eigenvalue weighted by Gasteiger charge is 2.06. The number of nitrogens with one attached hydrogen (secondary N) is 1. The second-order valence-corrected chi connectivity index (χ2v) is 3.76. The van der Waals surface area contributed by atoms with Crippen molar-refractivity contribution in [3.8, 4) is 0 Å². The van der Waals surface area contributed by atoms with Gasteiger partial charge in [0.1, 0.15) is 5.78 Å². The van der Waals surface area contributed by atoms with E-state index in [4.69, 9.17) is 0 Å². The maximum Gasteiger partial charge on any atom is 0.251 e. The molecule has 1 aromatic rings. The number of aryl methyl sites for hydroxylation is 2. The van der Waals surface area contributed by atoms with Gasteiger partial charge in [0, 0.05) is 5.56 Å². The van der Waals surface area contributed by atoms with Gasteiger partial charge in [0.2, 0.25) is 0 Å². The third-order valence-electron chi connectivity index (χ3n) is 1.98. The predicted octanol–water partition coefficient (Wildman–Crippen LogP) is 1.62. The van der Waals surface area contributed by atoms with Crippen molar-refractivity contribution < 1.29 is 9.59 Å². The van der Waals surface area contributed by atoms with Crippen LogP contribution in [0.4, 0.5) is 0 Å². The summed E-state index contributed by atoms with van der Waals surface area (Å²) in [6, 6.07) is 5.62. The third-order valence-corrected chi connectivity index (χ3v) is 1.98. The van der Waals surface area contributed by atoms with E-state index in [0.717, 1.165) is 11.1 Å². The number of hydrogen-bond donors (Lipinski definition) is 1. The minimum absolute atomic E-state index is 0.0484. The maximum absolute atomic E-state index is 11.6. The maximum atomic E-state index is 11.6. The molecule has 0 bridgehead atoms. The highest BCUT2D eigenvalue weighted by molar-refractivity contribution is 5.96. The summed E-state index contributed by atoms with van der Waals surface area (Å²) in [5, 5.41) is 2.56. The van der Waals surface area contributed by atoms with E-state index < -0.39 is 0 Å². The monoisotopic (exact) mass is 205 g/mol. The molecule has 0 unspecified atom stereocenters. The van der Waals surface area contributed by atoms with Crippen molar-refractivity contribution in [2.24, 2.45) is 0 Å². The number of Topliss-reactive ketones (excluding diaryl/α,β-unsaturated/α-hetero) is 1. The first-order valence-electron chi connectivity index (χ1n) is 4.85. The zero-order valence-corrected chi connectivity index (χ0v) is 9.26. The minimum Gasteiger partial charge on any atom is -0.345 e. The van der Waals surface area contributed by atoms with Crippen LogP contribution in [0.2, 0.25) is 0 Å². The van der Waals surface area contributed by atoms with E-state index in [2.05, 4.69) is 5.32 Å². The summed E-state index contributed by atoms with van der Waals surface area (Å²) in [4.78, 5) is 22.3. The first-order chi connectivity index (χ1) is 6.99. The summed E-state index contributed by atoms with van der Waals surface area (Å²) >= 11 is 0. The van der Waals surface area contributed by atoms with Crippen molar-refractivity contribution >= 4 is 11.7 Å². The van der Waals surface area contributed by atoms with Crippen molar-refractivity contribution in [2.75, 3.05) is 6.54 Å². The van der Waals surface area contributed by atoms with Crippen LogP contribution >= 0.6 is 0 Å². The molecule has 1 amide bonds. The molecule has 15 heavy (non-hydrogen) atoms. The largest absolute Gasteiger partial charge is 0.345 e. The molecule has 0 spiro atoms. The zero-order chi connectivity index (χ0) is 11.4. The van der Waals surface area contributed by atoms with E-state index in [1.165, 1.54) is 6.92 Å². The average molecular weight is 205 g/mol. The Bertz CT molecular complexity index is 376. The molecular weight excluding hydrogens is 190 g/mol. The molecule has 1 rings (SSSR count). The van der Waals surface area contributed by atoms with Crippen LogP contribution in [0.3, 0.4) is 0 Å². The number of rotatable bonds is 3. The summed E-state index contributed by atoms with van der Waals surface area (Å²) in [6.45, 7) is 5.41. The highest BCUT2D eigenvalue weighted by Crippen LogP contribution is 2.08. The molecule has 0 atom stereocenters. The molecule has 0 radical (unpaired) electrons. The molecule has 80 valence electrons. The Labute approximate surface area is 89.5 Å². The lowest BCUT2D eigenvalue weighted by atomic mass is 10.1. The molecule has 3 nitrogen and oxygen atoms in total. The van der Waals surface area contributed by atoms with E-state index in [1.807, 2.05) is 32.0 Å². The molecule has 0 aliphatic rings. The number of ketones is 1. The Morgan fingerprint density at radius 2 is 1.67 bits per heavy atom. The van der Waals surface area contributed by atoms with E-state index in [1.54, 1.807) is 0 Å². The van der Waals surface area contributed by atoms with Crippen LogP contribution in [0.1, 0.15) is 28.4 Å². The molecule has 0 aromatic heterocycles. The van der Waals surface area contributed by atoms with E-state index >= 15 is 0 Å². The van der Waals surface area contributed by atoms with Gasteiger partial charge in [-0.25, -0.2) is 0 Å². The number of hydrogen-bond acceptors (Lipinski definition) is 2. The van der Waals surface area contributed by atoms with Gasteiger partial charge in [-0.3, -0.25) is 9.59 Å². The lowest BCUT2D eigenvalue weighted by Crippen LogP contribution is -2.28. The normalized spacial score (nSPS) is 9.80. The smallest absolute Gasteiger partial charge is 0.251 e. The third kappa shape index (κ3) is 3.54. The van der Waals surface area contributed by atoms with Crippen LogP contribution in [0.15, 0.2) is 18.2 Å². The van der Waals surface area contributed by atoms with Crippen molar-refractivity contribution in [1.29, 1.82) is 0 Å². The molecular formula is C12H15NO2. The van der Waals surface area contributed by atoms with Gasteiger partial charge in [0.25, 0.3) is 5.91 Å². The Kier molecular flexibility index (Phi) is 3.61. The van der Waals surface area contributed by atoms with Crippen LogP contribution in [-0.4, -0.2) is 18.2 Å². The highest BCUT2D eigenvalue weighted by atomic mass is 16.2. The van der Waals surface area contributed by atoms with Crippen LogP contribution in [0, 0.1) is 13.8 Å². The van der Waals surface area contributed by atoms with Crippen molar-refractivity contribution in [3.05, 3.63) is 34.9 Å². The van der Waals surface area contributed by atoms with Gasteiger partial charge in [0.15, 0.2) is 0 Å². The van der Waals surface area contributed by atoms with Gasteiger partial charge in [-0.2, -0.15) is 0 Å². The summed E-state index contributed by atoms with van der Waals surface area (Å²) in [5.74, 6) is -0.246. The molecule has 0 heterocycles. The van der Waals surface area contributed by atoms with Crippen molar-refractivity contribution in [1.82, 2.24) is 5.32 Å². The van der Waals surface area contributed by atoms with Crippen LogP contribution in [-0.2, 0) is 4.79 Å². The van der Waals surface area contributed by atoms with E-state index in [9.17, 15) is 9.59 Å². The van der Waals surface area contributed by atoms with Gasteiger partial charge < -0.3 is 5.32 Å². The fourth-order valence-electron chi connectivity index (χ4n) is 1.41. The number of carbonyl (C=O) groups is 2.